The van der Waals surface area contributed by atoms with Gasteiger partial charge in [-0.2, -0.15) is 0 Å². The minimum absolute atomic E-state index is 0.146. The van der Waals surface area contributed by atoms with Crippen molar-refractivity contribution in [2.24, 2.45) is 0 Å². The molecule has 3 rings (SSSR count). The van der Waals surface area contributed by atoms with Crippen molar-refractivity contribution >= 4 is 17.6 Å². The fourth-order valence-corrected chi connectivity index (χ4v) is 2.25. The van der Waals surface area contributed by atoms with Crippen molar-refractivity contribution < 1.29 is 14.7 Å². The molecule has 0 unspecified atom stereocenters. The topological polar surface area (TPSA) is 79.3 Å². The number of rotatable bonds is 4. The van der Waals surface area contributed by atoms with Crippen LogP contribution in [0.1, 0.15) is 20.7 Å². The van der Waals surface area contributed by atoms with Crippen LogP contribution in [-0.4, -0.2) is 22.0 Å². The van der Waals surface area contributed by atoms with E-state index in [0.717, 1.165) is 11.1 Å². The van der Waals surface area contributed by atoms with Crippen molar-refractivity contribution in [1.82, 2.24) is 4.98 Å². The summed E-state index contributed by atoms with van der Waals surface area (Å²) in [7, 11) is 0. The van der Waals surface area contributed by atoms with Gasteiger partial charge in [-0.05, 0) is 53.6 Å². The fraction of sp³-hybridized carbons (Fsp3) is 0. The van der Waals surface area contributed by atoms with Crippen LogP contribution in [0, 0.1) is 0 Å². The molecule has 1 amide bonds. The Morgan fingerprint density at radius 3 is 2.08 bits per heavy atom. The lowest BCUT2D eigenvalue weighted by Crippen LogP contribution is -2.12. The minimum Gasteiger partial charge on any atom is -0.478 e. The van der Waals surface area contributed by atoms with Gasteiger partial charge in [-0.3, -0.25) is 9.78 Å². The first-order valence-electron chi connectivity index (χ1n) is 7.29. The average Bonchev–Trinajstić information content (AvgIpc) is 2.63. The molecule has 0 radical (unpaired) electrons. The molecule has 0 aliphatic heterocycles. The van der Waals surface area contributed by atoms with Crippen LogP contribution in [0.2, 0.25) is 0 Å². The summed E-state index contributed by atoms with van der Waals surface area (Å²) in [6.07, 6.45) is 3.49. The van der Waals surface area contributed by atoms with E-state index in [-0.39, 0.29) is 11.5 Å². The van der Waals surface area contributed by atoms with Gasteiger partial charge in [0.1, 0.15) is 0 Å². The number of nitrogens with one attached hydrogen (secondary N) is 1. The van der Waals surface area contributed by atoms with E-state index in [4.69, 9.17) is 5.11 Å². The third kappa shape index (κ3) is 3.47. The minimum atomic E-state index is -1.02. The molecule has 118 valence electrons. The van der Waals surface area contributed by atoms with Gasteiger partial charge in [-0.15, -0.1) is 0 Å². The fourth-order valence-electron chi connectivity index (χ4n) is 2.25. The van der Waals surface area contributed by atoms with Crippen LogP contribution in [0.25, 0.3) is 11.1 Å². The number of aromatic carboxylic acids is 1. The summed E-state index contributed by atoms with van der Waals surface area (Å²) >= 11 is 0. The highest BCUT2D eigenvalue weighted by Gasteiger charge is 2.08. The summed E-state index contributed by atoms with van der Waals surface area (Å²) in [6.45, 7) is 0. The predicted octanol–water partition coefficient (Wildman–Crippen LogP) is 3.70. The van der Waals surface area contributed by atoms with Crippen molar-refractivity contribution in [2.45, 2.75) is 0 Å². The molecule has 2 N–H and O–H groups in total. The van der Waals surface area contributed by atoms with Gasteiger partial charge in [0.15, 0.2) is 0 Å². The van der Waals surface area contributed by atoms with E-state index in [9.17, 15) is 9.59 Å². The molecule has 1 aromatic heterocycles. The number of anilines is 1. The van der Waals surface area contributed by atoms with Crippen LogP contribution in [0.4, 0.5) is 5.69 Å². The Morgan fingerprint density at radius 1 is 0.833 bits per heavy atom. The van der Waals surface area contributed by atoms with Crippen LogP contribution < -0.4 is 5.32 Å². The smallest absolute Gasteiger partial charge is 0.335 e. The Kier molecular flexibility index (Phi) is 4.34. The van der Waals surface area contributed by atoms with Crippen LogP contribution in [0.3, 0.4) is 0 Å². The van der Waals surface area contributed by atoms with E-state index < -0.39 is 5.97 Å². The SMILES string of the molecule is O=C(O)c1ccc(C(=O)Nc2ccc(-c3cccnc3)cc2)cc1. The number of hydrogen-bond acceptors (Lipinski definition) is 3. The second kappa shape index (κ2) is 6.75. The lowest BCUT2D eigenvalue weighted by atomic mass is 10.1. The standard InChI is InChI=1S/C19H14N2O3/c22-18(14-3-5-15(6-4-14)19(23)24)21-17-9-7-13(8-10-17)16-2-1-11-20-12-16/h1-12H,(H,21,22)(H,23,24). The number of pyridine rings is 1. The number of carbonyl (C=O) groups is 2. The lowest BCUT2D eigenvalue weighted by molar-refractivity contribution is 0.0696. The maximum absolute atomic E-state index is 12.2. The first kappa shape index (κ1) is 15.4. The van der Waals surface area contributed by atoms with Gasteiger partial charge in [0.05, 0.1) is 5.56 Å². The van der Waals surface area contributed by atoms with Gasteiger partial charge < -0.3 is 10.4 Å². The molecule has 0 bridgehead atoms. The van der Waals surface area contributed by atoms with Gasteiger partial charge in [0.2, 0.25) is 0 Å². The molecule has 1 heterocycles. The number of carboxylic acids is 1. The molecular weight excluding hydrogens is 304 g/mol. The Hall–Kier alpha value is -3.47. The number of hydrogen-bond donors (Lipinski definition) is 2. The number of amides is 1. The maximum Gasteiger partial charge on any atom is 0.335 e. The van der Waals surface area contributed by atoms with Gasteiger partial charge in [-0.1, -0.05) is 18.2 Å². The summed E-state index contributed by atoms with van der Waals surface area (Å²) in [5, 5.41) is 11.6. The van der Waals surface area contributed by atoms with Crippen LogP contribution >= 0.6 is 0 Å². The number of carboxylic acid groups (broad SMARTS) is 1. The van der Waals surface area contributed by atoms with E-state index in [1.54, 1.807) is 12.4 Å². The zero-order chi connectivity index (χ0) is 16.9. The lowest BCUT2D eigenvalue weighted by Gasteiger charge is -2.07. The molecule has 5 heteroatoms. The second-order valence-corrected chi connectivity index (χ2v) is 5.16. The van der Waals surface area contributed by atoms with Gasteiger partial charge in [0.25, 0.3) is 5.91 Å². The third-order valence-corrected chi connectivity index (χ3v) is 3.53. The summed E-state index contributed by atoms with van der Waals surface area (Å²) in [5.74, 6) is -1.31. The van der Waals surface area contributed by atoms with E-state index in [2.05, 4.69) is 10.3 Å². The Morgan fingerprint density at radius 2 is 1.50 bits per heavy atom. The Labute approximate surface area is 138 Å². The van der Waals surface area contributed by atoms with Crippen molar-refractivity contribution in [3.63, 3.8) is 0 Å². The molecule has 0 saturated carbocycles. The van der Waals surface area contributed by atoms with Crippen LogP contribution in [0.15, 0.2) is 73.1 Å². The van der Waals surface area contributed by atoms with Crippen molar-refractivity contribution in [3.05, 3.63) is 84.2 Å². The normalized spacial score (nSPS) is 10.2. The first-order valence-corrected chi connectivity index (χ1v) is 7.29. The van der Waals surface area contributed by atoms with E-state index in [1.165, 1.54) is 24.3 Å². The number of nitrogens with zero attached hydrogens (tertiary/aromatic N) is 1. The molecule has 0 atom stereocenters. The molecule has 0 fully saturated rings. The molecule has 0 aliphatic carbocycles. The highest BCUT2D eigenvalue weighted by molar-refractivity contribution is 6.04. The molecule has 5 nitrogen and oxygen atoms in total. The zero-order valence-corrected chi connectivity index (χ0v) is 12.6. The van der Waals surface area contributed by atoms with Crippen molar-refractivity contribution in [2.75, 3.05) is 5.32 Å². The summed E-state index contributed by atoms with van der Waals surface area (Å²) in [5.41, 5.74) is 3.21. The molecule has 0 saturated heterocycles. The molecule has 2 aromatic carbocycles. The van der Waals surface area contributed by atoms with Crippen molar-refractivity contribution in [3.8, 4) is 11.1 Å². The van der Waals surface area contributed by atoms with Crippen molar-refractivity contribution in [1.29, 1.82) is 0 Å². The van der Waals surface area contributed by atoms with Gasteiger partial charge >= 0.3 is 5.97 Å². The molecule has 0 spiro atoms. The summed E-state index contributed by atoms with van der Waals surface area (Å²) < 4.78 is 0. The monoisotopic (exact) mass is 318 g/mol. The summed E-state index contributed by atoms with van der Waals surface area (Å²) in [6, 6.07) is 17.0. The number of carbonyl (C=O) groups excluding carboxylic acids is 1. The van der Waals surface area contributed by atoms with E-state index in [1.807, 2.05) is 36.4 Å². The van der Waals surface area contributed by atoms with Crippen LogP contribution in [0.5, 0.6) is 0 Å². The zero-order valence-electron chi connectivity index (χ0n) is 12.6. The highest BCUT2D eigenvalue weighted by atomic mass is 16.4. The number of aromatic nitrogens is 1. The molecule has 24 heavy (non-hydrogen) atoms. The van der Waals surface area contributed by atoms with Crippen LogP contribution in [-0.2, 0) is 0 Å². The molecular formula is C19H14N2O3. The maximum atomic E-state index is 12.2. The first-order chi connectivity index (χ1) is 11.6. The predicted molar refractivity (Wildman–Crippen MR) is 91.0 cm³/mol. The quantitative estimate of drug-likeness (QED) is 0.769. The Bertz CT molecular complexity index is 857. The highest BCUT2D eigenvalue weighted by Crippen LogP contribution is 2.20. The average molecular weight is 318 g/mol. The molecule has 0 aliphatic rings. The Balaban J connectivity index is 1.71. The number of benzene rings is 2. The largest absolute Gasteiger partial charge is 0.478 e. The summed E-state index contributed by atoms with van der Waals surface area (Å²) in [4.78, 5) is 27.1. The van der Waals surface area contributed by atoms with Gasteiger partial charge in [-0.25, -0.2) is 4.79 Å². The van der Waals surface area contributed by atoms with E-state index >= 15 is 0 Å². The second-order valence-electron chi connectivity index (χ2n) is 5.16. The van der Waals surface area contributed by atoms with Gasteiger partial charge in [0, 0.05) is 23.6 Å². The third-order valence-electron chi connectivity index (χ3n) is 3.53. The van der Waals surface area contributed by atoms with E-state index in [0.29, 0.717) is 11.3 Å². The molecule has 3 aromatic rings.